The number of urea groups is 1. The molecule has 2 amide bonds. The fourth-order valence-corrected chi connectivity index (χ4v) is 2.24. The molecular formula is C13H24N2O5. The van der Waals surface area contributed by atoms with Crippen LogP contribution in [0.1, 0.15) is 27.2 Å². The highest BCUT2D eigenvalue weighted by atomic mass is 16.4. The maximum atomic E-state index is 11.8. The van der Waals surface area contributed by atoms with Gasteiger partial charge < -0.3 is 25.5 Å². The molecule has 1 aliphatic rings. The molecule has 1 saturated heterocycles. The van der Waals surface area contributed by atoms with Crippen LogP contribution >= 0.6 is 0 Å². The van der Waals surface area contributed by atoms with E-state index >= 15 is 0 Å². The number of amides is 2. The summed E-state index contributed by atoms with van der Waals surface area (Å²) in [6, 6.07) is -0.458. The SMILES string of the molecule is CC(C)(C)CC(CNC(=O)N1CC(O)C(O)C1)C(=O)O. The van der Waals surface area contributed by atoms with Crippen molar-refractivity contribution in [2.75, 3.05) is 19.6 Å². The average molecular weight is 288 g/mol. The Morgan fingerprint density at radius 2 is 1.75 bits per heavy atom. The lowest BCUT2D eigenvalue weighted by molar-refractivity contribution is -0.142. The molecule has 0 radical (unpaired) electrons. The quantitative estimate of drug-likeness (QED) is 0.576. The van der Waals surface area contributed by atoms with Gasteiger partial charge in [-0.15, -0.1) is 0 Å². The Bertz CT molecular complexity index is 356. The summed E-state index contributed by atoms with van der Waals surface area (Å²) in [6.45, 7) is 5.98. The molecule has 20 heavy (non-hydrogen) atoms. The molecule has 4 N–H and O–H groups in total. The van der Waals surface area contributed by atoms with Gasteiger partial charge in [0.05, 0.1) is 31.2 Å². The third-order valence-corrected chi connectivity index (χ3v) is 3.25. The molecule has 1 rings (SSSR count). The van der Waals surface area contributed by atoms with E-state index in [0.717, 1.165) is 0 Å². The van der Waals surface area contributed by atoms with E-state index in [0.29, 0.717) is 6.42 Å². The van der Waals surface area contributed by atoms with Crippen LogP contribution in [0, 0.1) is 11.3 Å². The fraction of sp³-hybridized carbons (Fsp3) is 0.846. The smallest absolute Gasteiger partial charge is 0.317 e. The van der Waals surface area contributed by atoms with E-state index in [2.05, 4.69) is 5.32 Å². The van der Waals surface area contributed by atoms with Crippen molar-refractivity contribution >= 4 is 12.0 Å². The zero-order valence-corrected chi connectivity index (χ0v) is 12.2. The third kappa shape index (κ3) is 4.97. The Balaban J connectivity index is 2.47. The summed E-state index contributed by atoms with van der Waals surface area (Å²) in [7, 11) is 0. The summed E-state index contributed by atoms with van der Waals surface area (Å²) in [6.07, 6.45) is -1.43. The molecular weight excluding hydrogens is 264 g/mol. The van der Waals surface area contributed by atoms with Crippen molar-refractivity contribution in [3.8, 4) is 0 Å². The Morgan fingerprint density at radius 1 is 1.25 bits per heavy atom. The number of rotatable bonds is 4. The number of β-amino-alcohol motifs (C(OH)–C–C–N with tert-alkyl or cyclic N) is 2. The van der Waals surface area contributed by atoms with Crippen LogP contribution in [0.3, 0.4) is 0 Å². The minimum absolute atomic E-state index is 0.0358. The van der Waals surface area contributed by atoms with Gasteiger partial charge in [-0.1, -0.05) is 20.8 Å². The van der Waals surface area contributed by atoms with E-state index in [1.54, 1.807) is 0 Å². The van der Waals surface area contributed by atoms with Gasteiger partial charge in [0.15, 0.2) is 0 Å². The van der Waals surface area contributed by atoms with Gasteiger partial charge in [-0.25, -0.2) is 4.79 Å². The van der Waals surface area contributed by atoms with Gasteiger partial charge in [-0.2, -0.15) is 0 Å². The highest BCUT2D eigenvalue weighted by Gasteiger charge is 2.33. The lowest BCUT2D eigenvalue weighted by Crippen LogP contribution is -2.43. The summed E-state index contributed by atoms with van der Waals surface area (Å²) < 4.78 is 0. The minimum atomic E-state index is -0.943. The molecule has 116 valence electrons. The second-order valence-electron chi connectivity index (χ2n) is 6.53. The van der Waals surface area contributed by atoms with Crippen LogP contribution in [0.4, 0.5) is 4.79 Å². The Labute approximate surface area is 118 Å². The van der Waals surface area contributed by atoms with Gasteiger partial charge in [-0.3, -0.25) is 4.79 Å². The number of aliphatic hydroxyl groups is 2. The van der Waals surface area contributed by atoms with Crippen molar-refractivity contribution < 1.29 is 24.9 Å². The predicted molar refractivity (Wildman–Crippen MR) is 72.2 cm³/mol. The van der Waals surface area contributed by atoms with Crippen molar-refractivity contribution in [2.45, 2.75) is 39.4 Å². The van der Waals surface area contributed by atoms with E-state index < -0.39 is 30.1 Å². The van der Waals surface area contributed by atoms with E-state index in [1.165, 1.54) is 4.90 Å². The second kappa shape index (κ2) is 6.41. The van der Waals surface area contributed by atoms with Crippen molar-refractivity contribution in [1.29, 1.82) is 0 Å². The van der Waals surface area contributed by atoms with Crippen molar-refractivity contribution in [1.82, 2.24) is 10.2 Å². The first-order valence-electron chi connectivity index (χ1n) is 6.72. The average Bonchev–Trinajstić information content (AvgIpc) is 2.63. The van der Waals surface area contributed by atoms with Gasteiger partial charge in [0, 0.05) is 6.54 Å². The number of nitrogens with one attached hydrogen (secondary N) is 1. The number of hydrogen-bond donors (Lipinski definition) is 4. The molecule has 0 saturated carbocycles. The lowest BCUT2D eigenvalue weighted by atomic mass is 9.84. The van der Waals surface area contributed by atoms with Gasteiger partial charge in [0.25, 0.3) is 0 Å². The molecule has 0 bridgehead atoms. The molecule has 0 aromatic heterocycles. The molecule has 7 nitrogen and oxygen atoms in total. The molecule has 0 spiro atoms. The Morgan fingerprint density at radius 3 is 2.15 bits per heavy atom. The second-order valence-corrected chi connectivity index (χ2v) is 6.53. The van der Waals surface area contributed by atoms with E-state index in [1.807, 2.05) is 20.8 Å². The maximum Gasteiger partial charge on any atom is 0.317 e. The Hall–Kier alpha value is -1.34. The zero-order chi connectivity index (χ0) is 15.5. The normalized spacial score (nSPS) is 24.6. The number of carbonyl (C=O) groups excluding carboxylic acids is 1. The molecule has 0 aromatic carbocycles. The summed E-state index contributed by atoms with van der Waals surface area (Å²) in [5.74, 6) is -1.60. The minimum Gasteiger partial charge on any atom is -0.481 e. The largest absolute Gasteiger partial charge is 0.481 e. The summed E-state index contributed by atoms with van der Waals surface area (Å²) in [4.78, 5) is 24.3. The van der Waals surface area contributed by atoms with Crippen LogP contribution < -0.4 is 5.32 Å². The first-order valence-corrected chi connectivity index (χ1v) is 6.72. The number of carboxylic acid groups (broad SMARTS) is 1. The third-order valence-electron chi connectivity index (χ3n) is 3.25. The standard InChI is InChI=1S/C13H24N2O5/c1-13(2,3)4-8(11(18)19)5-14-12(20)15-6-9(16)10(17)7-15/h8-10,16-17H,4-7H2,1-3H3,(H,14,20)(H,18,19). The van der Waals surface area contributed by atoms with Gasteiger partial charge >= 0.3 is 12.0 Å². The highest BCUT2D eigenvalue weighted by Crippen LogP contribution is 2.24. The topological polar surface area (TPSA) is 110 Å². The molecule has 0 aromatic rings. The molecule has 3 unspecified atom stereocenters. The van der Waals surface area contributed by atoms with Crippen LogP contribution in [0.2, 0.25) is 0 Å². The number of nitrogens with zero attached hydrogens (tertiary/aromatic N) is 1. The first-order chi connectivity index (χ1) is 9.10. The molecule has 0 aliphatic carbocycles. The fourth-order valence-electron chi connectivity index (χ4n) is 2.24. The number of hydrogen-bond acceptors (Lipinski definition) is 4. The van der Waals surface area contributed by atoms with Crippen LogP contribution in [-0.4, -0.2) is 64.1 Å². The first kappa shape index (κ1) is 16.7. The van der Waals surface area contributed by atoms with Crippen molar-refractivity contribution in [2.24, 2.45) is 11.3 Å². The van der Waals surface area contributed by atoms with Gasteiger partial charge in [0.2, 0.25) is 0 Å². The molecule has 1 aliphatic heterocycles. The number of likely N-dealkylation sites (tertiary alicyclic amines) is 1. The summed E-state index contributed by atoms with van der Waals surface area (Å²) in [5, 5.41) is 30.4. The van der Waals surface area contributed by atoms with Crippen LogP contribution in [-0.2, 0) is 4.79 Å². The van der Waals surface area contributed by atoms with Crippen molar-refractivity contribution in [3.05, 3.63) is 0 Å². The molecule has 1 heterocycles. The van der Waals surface area contributed by atoms with Crippen LogP contribution in [0.15, 0.2) is 0 Å². The van der Waals surface area contributed by atoms with E-state index in [-0.39, 0.29) is 25.0 Å². The monoisotopic (exact) mass is 288 g/mol. The number of carbonyl (C=O) groups is 2. The van der Waals surface area contributed by atoms with Crippen LogP contribution in [0.25, 0.3) is 0 Å². The van der Waals surface area contributed by atoms with E-state index in [4.69, 9.17) is 5.11 Å². The highest BCUT2D eigenvalue weighted by molar-refractivity contribution is 5.76. The predicted octanol–water partition coefficient (Wildman–Crippen LogP) is -0.130. The molecule has 3 atom stereocenters. The van der Waals surface area contributed by atoms with Gasteiger partial charge in [-0.05, 0) is 11.8 Å². The van der Waals surface area contributed by atoms with Crippen molar-refractivity contribution in [3.63, 3.8) is 0 Å². The lowest BCUT2D eigenvalue weighted by Gasteiger charge is -2.24. The van der Waals surface area contributed by atoms with Gasteiger partial charge in [0.1, 0.15) is 0 Å². The zero-order valence-electron chi connectivity index (χ0n) is 12.2. The summed E-state index contributed by atoms with van der Waals surface area (Å²) in [5.41, 5.74) is -0.145. The number of aliphatic hydroxyl groups excluding tert-OH is 2. The molecule has 1 fully saturated rings. The Kier molecular flexibility index (Phi) is 5.35. The number of carboxylic acids is 1. The van der Waals surface area contributed by atoms with Crippen LogP contribution in [0.5, 0.6) is 0 Å². The van der Waals surface area contributed by atoms with E-state index in [9.17, 15) is 19.8 Å². The number of aliphatic carboxylic acids is 1. The molecule has 7 heteroatoms. The maximum absolute atomic E-state index is 11.8. The summed E-state index contributed by atoms with van der Waals surface area (Å²) >= 11 is 0.